The number of hydrogen-bond donors (Lipinski definition) is 2. The largest absolute Gasteiger partial charge is 0.394 e. The van der Waals surface area contributed by atoms with Crippen molar-refractivity contribution in [2.75, 3.05) is 6.61 Å². The lowest BCUT2D eigenvalue weighted by molar-refractivity contribution is 0.172. The Morgan fingerprint density at radius 3 is 2.61 bits per heavy atom. The fourth-order valence-corrected chi connectivity index (χ4v) is 1.81. The van der Waals surface area contributed by atoms with Gasteiger partial charge in [0.15, 0.2) is 0 Å². The summed E-state index contributed by atoms with van der Waals surface area (Å²) in [5.74, 6) is 0.839. The number of aromatic nitrogens is 3. The quantitative estimate of drug-likeness (QED) is 0.819. The Morgan fingerprint density at radius 2 is 2.06 bits per heavy atom. The number of nitrogens with zero attached hydrogens (tertiary/aromatic N) is 3. The average molecular weight is 246 g/mol. The fourth-order valence-electron chi connectivity index (χ4n) is 1.81. The van der Waals surface area contributed by atoms with Crippen LogP contribution in [0.2, 0.25) is 0 Å². The number of aryl methyl sites for hydroxylation is 1. The highest BCUT2D eigenvalue weighted by Crippen LogP contribution is 2.20. The third-order valence-corrected chi connectivity index (χ3v) is 3.17. The Bertz CT molecular complexity index is 497. The molecule has 1 unspecified atom stereocenters. The Kier molecular flexibility index (Phi) is 3.74. The van der Waals surface area contributed by atoms with Crippen molar-refractivity contribution < 1.29 is 5.11 Å². The summed E-state index contributed by atoms with van der Waals surface area (Å²) in [6.45, 7) is 2.55. The molecule has 18 heavy (non-hydrogen) atoms. The van der Waals surface area contributed by atoms with Crippen molar-refractivity contribution in [2.24, 2.45) is 7.05 Å². The zero-order valence-electron chi connectivity index (χ0n) is 10.7. The Labute approximate surface area is 106 Å². The molecule has 0 saturated carbocycles. The van der Waals surface area contributed by atoms with E-state index >= 15 is 0 Å². The standard InChI is InChI=1S/C13H18N4O/c1-13(9-18,11-6-4-3-5-7-11)15-8-12-14-10-16-17(12)2/h3-7,10,15,18H,8-9H2,1-2H3. The van der Waals surface area contributed by atoms with Gasteiger partial charge in [-0.15, -0.1) is 0 Å². The molecule has 1 aromatic heterocycles. The molecule has 0 fully saturated rings. The normalized spacial score (nSPS) is 14.4. The Hall–Kier alpha value is -1.72. The molecule has 2 rings (SSSR count). The van der Waals surface area contributed by atoms with E-state index in [1.807, 2.05) is 44.3 Å². The van der Waals surface area contributed by atoms with E-state index in [0.717, 1.165) is 11.4 Å². The fraction of sp³-hybridized carbons (Fsp3) is 0.385. The molecule has 0 aliphatic heterocycles. The molecule has 5 nitrogen and oxygen atoms in total. The molecule has 5 heteroatoms. The predicted molar refractivity (Wildman–Crippen MR) is 68.7 cm³/mol. The van der Waals surface area contributed by atoms with Crippen molar-refractivity contribution in [3.8, 4) is 0 Å². The molecule has 0 aliphatic rings. The number of aliphatic hydroxyl groups excluding tert-OH is 1. The maximum atomic E-state index is 9.63. The molecule has 0 bridgehead atoms. The SMILES string of the molecule is Cn1ncnc1CNC(C)(CO)c1ccccc1. The van der Waals surface area contributed by atoms with Crippen molar-refractivity contribution in [3.05, 3.63) is 48.0 Å². The predicted octanol–water partition coefficient (Wildman–Crippen LogP) is 0.812. The minimum absolute atomic E-state index is 0.0227. The van der Waals surface area contributed by atoms with Gasteiger partial charge < -0.3 is 5.11 Å². The third-order valence-electron chi connectivity index (χ3n) is 3.17. The zero-order valence-corrected chi connectivity index (χ0v) is 10.7. The van der Waals surface area contributed by atoms with E-state index < -0.39 is 5.54 Å². The van der Waals surface area contributed by atoms with Crippen LogP contribution in [0.1, 0.15) is 18.3 Å². The summed E-state index contributed by atoms with van der Waals surface area (Å²) in [6, 6.07) is 9.89. The molecule has 1 heterocycles. The summed E-state index contributed by atoms with van der Waals surface area (Å²) in [5.41, 5.74) is 0.572. The first kappa shape index (κ1) is 12.7. The van der Waals surface area contributed by atoms with Gasteiger partial charge in [-0.05, 0) is 12.5 Å². The number of benzene rings is 1. The summed E-state index contributed by atoms with van der Waals surface area (Å²) in [5, 5.41) is 17.0. The highest BCUT2D eigenvalue weighted by atomic mass is 16.3. The molecular formula is C13H18N4O. The van der Waals surface area contributed by atoms with E-state index in [1.54, 1.807) is 4.68 Å². The number of rotatable bonds is 5. The molecule has 0 saturated heterocycles. The van der Waals surface area contributed by atoms with Crippen molar-refractivity contribution in [1.29, 1.82) is 0 Å². The summed E-state index contributed by atoms with van der Waals surface area (Å²) in [4.78, 5) is 4.15. The van der Waals surface area contributed by atoms with Gasteiger partial charge in [0.2, 0.25) is 0 Å². The van der Waals surface area contributed by atoms with Gasteiger partial charge in [0.1, 0.15) is 12.2 Å². The maximum Gasteiger partial charge on any atom is 0.140 e. The molecule has 0 spiro atoms. The van der Waals surface area contributed by atoms with Crippen LogP contribution in [0, 0.1) is 0 Å². The van der Waals surface area contributed by atoms with E-state index in [0.29, 0.717) is 6.54 Å². The van der Waals surface area contributed by atoms with Crippen LogP contribution in [0.3, 0.4) is 0 Å². The van der Waals surface area contributed by atoms with Crippen molar-refractivity contribution in [2.45, 2.75) is 19.0 Å². The molecule has 96 valence electrons. The van der Waals surface area contributed by atoms with Gasteiger partial charge in [-0.25, -0.2) is 4.98 Å². The minimum atomic E-state index is -0.479. The number of aliphatic hydroxyl groups is 1. The zero-order chi connectivity index (χ0) is 13.0. The summed E-state index contributed by atoms with van der Waals surface area (Å²) >= 11 is 0. The Balaban J connectivity index is 2.12. The first-order valence-corrected chi connectivity index (χ1v) is 5.90. The van der Waals surface area contributed by atoms with Crippen molar-refractivity contribution in [3.63, 3.8) is 0 Å². The molecule has 2 aromatic rings. The second-order valence-electron chi connectivity index (χ2n) is 4.51. The summed E-state index contributed by atoms with van der Waals surface area (Å²) in [7, 11) is 1.85. The van der Waals surface area contributed by atoms with Gasteiger partial charge >= 0.3 is 0 Å². The summed E-state index contributed by atoms with van der Waals surface area (Å²) in [6.07, 6.45) is 1.52. The molecule has 0 radical (unpaired) electrons. The highest BCUT2D eigenvalue weighted by Gasteiger charge is 2.25. The van der Waals surface area contributed by atoms with Crippen LogP contribution >= 0.6 is 0 Å². The van der Waals surface area contributed by atoms with Gasteiger partial charge in [0, 0.05) is 7.05 Å². The molecular weight excluding hydrogens is 228 g/mol. The molecule has 0 aliphatic carbocycles. The van der Waals surface area contributed by atoms with Gasteiger partial charge in [0.05, 0.1) is 18.7 Å². The lowest BCUT2D eigenvalue weighted by Crippen LogP contribution is -2.42. The average Bonchev–Trinajstić information content (AvgIpc) is 2.83. The number of nitrogens with one attached hydrogen (secondary N) is 1. The van der Waals surface area contributed by atoms with Crippen molar-refractivity contribution in [1.82, 2.24) is 20.1 Å². The Morgan fingerprint density at radius 1 is 1.33 bits per heavy atom. The second kappa shape index (κ2) is 5.29. The monoisotopic (exact) mass is 246 g/mol. The lowest BCUT2D eigenvalue weighted by atomic mass is 9.93. The topological polar surface area (TPSA) is 63.0 Å². The first-order valence-electron chi connectivity index (χ1n) is 5.90. The minimum Gasteiger partial charge on any atom is -0.394 e. The van der Waals surface area contributed by atoms with Gasteiger partial charge in [0.25, 0.3) is 0 Å². The molecule has 1 aromatic carbocycles. The third kappa shape index (κ3) is 2.57. The van der Waals surface area contributed by atoms with E-state index in [9.17, 15) is 5.11 Å². The van der Waals surface area contributed by atoms with E-state index in [2.05, 4.69) is 15.4 Å². The second-order valence-corrected chi connectivity index (χ2v) is 4.51. The smallest absolute Gasteiger partial charge is 0.140 e. The number of hydrogen-bond acceptors (Lipinski definition) is 4. The molecule has 2 N–H and O–H groups in total. The van der Waals surface area contributed by atoms with Gasteiger partial charge in [-0.3, -0.25) is 10.00 Å². The lowest BCUT2D eigenvalue weighted by Gasteiger charge is -2.29. The first-order chi connectivity index (χ1) is 8.65. The van der Waals surface area contributed by atoms with Crippen LogP contribution < -0.4 is 5.32 Å². The van der Waals surface area contributed by atoms with Crippen LogP contribution in [0.25, 0.3) is 0 Å². The van der Waals surface area contributed by atoms with Gasteiger partial charge in [-0.2, -0.15) is 5.10 Å². The van der Waals surface area contributed by atoms with Crippen LogP contribution in [0.15, 0.2) is 36.7 Å². The van der Waals surface area contributed by atoms with Crippen LogP contribution in [-0.2, 0) is 19.1 Å². The van der Waals surface area contributed by atoms with E-state index in [1.165, 1.54) is 6.33 Å². The van der Waals surface area contributed by atoms with E-state index in [-0.39, 0.29) is 6.61 Å². The van der Waals surface area contributed by atoms with Crippen LogP contribution in [-0.4, -0.2) is 26.5 Å². The molecule has 1 atom stereocenters. The highest BCUT2D eigenvalue weighted by molar-refractivity contribution is 5.23. The van der Waals surface area contributed by atoms with Crippen molar-refractivity contribution >= 4 is 0 Å². The van der Waals surface area contributed by atoms with E-state index in [4.69, 9.17) is 0 Å². The van der Waals surface area contributed by atoms with Gasteiger partial charge in [-0.1, -0.05) is 30.3 Å². The molecule has 0 amide bonds. The maximum absolute atomic E-state index is 9.63. The van der Waals surface area contributed by atoms with Crippen LogP contribution in [0.4, 0.5) is 0 Å². The summed E-state index contributed by atoms with van der Waals surface area (Å²) < 4.78 is 1.72. The van der Waals surface area contributed by atoms with Crippen LogP contribution in [0.5, 0.6) is 0 Å².